The first-order valence-corrected chi connectivity index (χ1v) is 9.51. The average Bonchev–Trinajstić information content (AvgIpc) is 2.66. The van der Waals surface area contributed by atoms with Gasteiger partial charge in [-0.1, -0.05) is 17.7 Å². The number of benzene rings is 2. The van der Waals surface area contributed by atoms with Crippen LogP contribution in [0.15, 0.2) is 48.5 Å². The Morgan fingerprint density at radius 3 is 2.19 bits per heavy atom. The molecule has 0 radical (unpaired) electrons. The van der Waals surface area contributed by atoms with Gasteiger partial charge in [0.15, 0.2) is 0 Å². The Labute approximate surface area is 165 Å². The van der Waals surface area contributed by atoms with E-state index in [0.29, 0.717) is 23.7 Å². The highest BCUT2D eigenvalue weighted by Gasteiger charge is 2.13. The second-order valence-corrected chi connectivity index (χ2v) is 6.56. The summed E-state index contributed by atoms with van der Waals surface area (Å²) >= 11 is 5.91. The van der Waals surface area contributed by atoms with Crippen molar-refractivity contribution >= 4 is 34.8 Å². The third-order valence-corrected chi connectivity index (χ3v) is 4.61. The monoisotopic (exact) mass is 387 g/mol. The fraction of sp³-hybridized carbons (Fsp3) is 0.333. The third-order valence-electron chi connectivity index (χ3n) is 4.38. The highest BCUT2D eigenvalue weighted by Crippen LogP contribution is 2.21. The van der Waals surface area contributed by atoms with Crippen LogP contribution in [-0.2, 0) is 4.79 Å². The SMILES string of the molecule is CCN(CC)c1ccc(N(CCNC(=O)c2cccc(Cl)c2)C(C)=O)cc1. The number of carbonyl (C=O) groups excluding carboxylic acids is 2. The Morgan fingerprint density at radius 1 is 1.00 bits per heavy atom. The predicted molar refractivity (Wildman–Crippen MR) is 112 cm³/mol. The summed E-state index contributed by atoms with van der Waals surface area (Å²) in [5.74, 6) is -0.277. The fourth-order valence-corrected chi connectivity index (χ4v) is 3.10. The molecule has 0 heterocycles. The van der Waals surface area contributed by atoms with Crippen LogP contribution >= 0.6 is 11.6 Å². The molecule has 0 unspecified atom stereocenters. The van der Waals surface area contributed by atoms with E-state index in [0.717, 1.165) is 24.5 Å². The van der Waals surface area contributed by atoms with Gasteiger partial charge in [0, 0.05) is 55.1 Å². The van der Waals surface area contributed by atoms with Gasteiger partial charge >= 0.3 is 0 Å². The van der Waals surface area contributed by atoms with Gasteiger partial charge in [0.25, 0.3) is 5.91 Å². The van der Waals surface area contributed by atoms with Crippen molar-refractivity contribution in [2.75, 3.05) is 36.0 Å². The Balaban J connectivity index is 1.99. The van der Waals surface area contributed by atoms with E-state index in [1.807, 2.05) is 24.3 Å². The van der Waals surface area contributed by atoms with Crippen LogP contribution in [-0.4, -0.2) is 38.0 Å². The summed E-state index contributed by atoms with van der Waals surface area (Å²) in [4.78, 5) is 28.1. The lowest BCUT2D eigenvalue weighted by Gasteiger charge is -2.24. The van der Waals surface area contributed by atoms with E-state index >= 15 is 0 Å². The maximum Gasteiger partial charge on any atom is 0.251 e. The highest BCUT2D eigenvalue weighted by atomic mass is 35.5. The molecular formula is C21H26ClN3O2. The van der Waals surface area contributed by atoms with Crippen LogP contribution in [0, 0.1) is 0 Å². The van der Waals surface area contributed by atoms with Crippen molar-refractivity contribution in [1.82, 2.24) is 5.32 Å². The first-order valence-electron chi connectivity index (χ1n) is 9.13. The van der Waals surface area contributed by atoms with Crippen LogP contribution in [0.2, 0.25) is 5.02 Å². The lowest BCUT2D eigenvalue weighted by molar-refractivity contribution is -0.116. The number of nitrogens with one attached hydrogen (secondary N) is 1. The molecule has 5 nitrogen and oxygen atoms in total. The minimum absolute atomic E-state index is 0.0670. The molecule has 6 heteroatoms. The lowest BCUT2D eigenvalue weighted by Crippen LogP contribution is -2.37. The van der Waals surface area contributed by atoms with E-state index in [4.69, 9.17) is 11.6 Å². The van der Waals surface area contributed by atoms with E-state index in [2.05, 4.69) is 24.1 Å². The molecule has 0 atom stereocenters. The van der Waals surface area contributed by atoms with E-state index in [1.54, 1.807) is 29.2 Å². The molecule has 0 fully saturated rings. The third kappa shape index (κ3) is 5.73. The maximum atomic E-state index is 12.2. The number of nitrogens with zero attached hydrogens (tertiary/aromatic N) is 2. The number of rotatable bonds is 8. The Morgan fingerprint density at radius 2 is 1.63 bits per heavy atom. The molecule has 0 aliphatic carbocycles. The minimum Gasteiger partial charge on any atom is -0.372 e. The summed E-state index contributed by atoms with van der Waals surface area (Å²) in [5, 5.41) is 3.34. The standard InChI is InChI=1S/C21H26ClN3O2/c1-4-24(5-2)19-9-11-20(12-10-19)25(16(3)26)14-13-23-21(27)17-7-6-8-18(22)15-17/h6-12,15H,4-5,13-14H2,1-3H3,(H,23,27). The minimum atomic E-state index is -0.210. The zero-order valence-corrected chi connectivity index (χ0v) is 16.8. The zero-order chi connectivity index (χ0) is 19.8. The maximum absolute atomic E-state index is 12.2. The van der Waals surface area contributed by atoms with Crippen molar-refractivity contribution in [3.8, 4) is 0 Å². The van der Waals surface area contributed by atoms with E-state index in [-0.39, 0.29) is 11.8 Å². The summed E-state index contributed by atoms with van der Waals surface area (Å²) in [6.07, 6.45) is 0. The molecule has 0 saturated carbocycles. The first-order chi connectivity index (χ1) is 13.0. The molecule has 0 spiro atoms. The number of halogens is 1. The molecule has 0 aliphatic heterocycles. The van der Waals surface area contributed by atoms with Crippen LogP contribution in [0.1, 0.15) is 31.1 Å². The molecule has 2 amide bonds. The van der Waals surface area contributed by atoms with Crippen LogP contribution in [0.3, 0.4) is 0 Å². The highest BCUT2D eigenvalue weighted by molar-refractivity contribution is 6.30. The number of hydrogen-bond donors (Lipinski definition) is 1. The topological polar surface area (TPSA) is 52.6 Å². The van der Waals surface area contributed by atoms with Crippen molar-refractivity contribution in [3.05, 3.63) is 59.1 Å². The first kappa shape index (κ1) is 20.8. The Hall–Kier alpha value is -2.53. The van der Waals surface area contributed by atoms with Gasteiger partial charge < -0.3 is 15.1 Å². The van der Waals surface area contributed by atoms with Crippen LogP contribution in [0.4, 0.5) is 11.4 Å². The van der Waals surface area contributed by atoms with Crippen molar-refractivity contribution in [3.63, 3.8) is 0 Å². The Bertz CT molecular complexity index is 773. The molecule has 2 aromatic carbocycles. The van der Waals surface area contributed by atoms with Crippen molar-refractivity contribution < 1.29 is 9.59 Å². The van der Waals surface area contributed by atoms with E-state index < -0.39 is 0 Å². The van der Waals surface area contributed by atoms with E-state index in [1.165, 1.54) is 6.92 Å². The van der Waals surface area contributed by atoms with E-state index in [9.17, 15) is 9.59 Å². The summed E-state index contributed by atoms with van der Waals surface area (Å²) in [6.45, 7) is 8.36. The van der Waals surface area contributed by atoms with Crippen molar-refractivity contribution in [2.24, 2.45) is 0 Å². The van der Waals surface area contributed by atoms with Gasteiger partial charge in [0.05, 0.1) is 0 Å². The van der Waals surface area contributed by atoms with Gasteiger partial charge in [-0.15, -0.1) is 0 Å². The molecular weight excluding hydrogens is 362 g/mol. The molecule has 1 N–H and O–H groups in total. The predicted octanol–water partition coefficient (Wildman–Crippen LogP) is 3.97. The normalized spacial score (nSPS) is 10.4. The largest absolute Gasteiger partial charge is 0.372 e. The van der Waals surface area contributed by atoms with Crippen LogP contribution in [0.25, 0.3) is 0 Å². The quantitative estimate of drug-likeness (QED) is 0.745. The molecule has 0 saturated heterocycles. The number of carbonyl (C=O) groups is 2. The van der Waals surface area contributed by atoms with Gasteiger partial charge in [-0.3, -0.25) is 9.59 Å². The number of anilines is 2. The van der Waals surface area contributed by atoms with Crippen molar-refractivity contribution in [2.45, 2.75) is 20.8 Å². The van der Waals surface area contributed by atoms with Gasteiger partial charge in [0.1, 0.15) is 0 Å². The number of hydrogen-bond acceptors (Lipinski definition) is 3. The lowest BCUT2D eigenvalue weighted by atomic mass is 10.2. The van der Waals surface area contributed by atoms with Crippen molar-refractivity contribution in [1.29, 1.82) is 0 Å². The number of amides is 2. The smallest absolute Gasteiger partial charge is 0.251 e. The van der Waals surface area contributed by atoms with Crippen LogP contribution < -0.4 is 15.1 Å². The molecule has 144 valence electrons. The fourth-order valence-electron chi connectivity index (χ4n) is 2.91. The Kier molecular flexibility index (Phi) is 7.67. The van der Waals surface area contributed by atoms with Gasteiger partial charge in [-0.2, -0.15) is 0 Å². The molecule has 2 rings (SSSR count). The van der Waals surface area contributed by atoms with Crippen LogP contribution in [0.5, 0.6) is 0 Å². The second kappa shape index (κ2) is 9.97. The van der Waals surface area contributed by atoms with Gasteiger partial charge in [-0.25, -0.2) is 0 Å². The zero-order valence-electron chi connectivity index (χ0n) is 16.0. The molecule has 0 aliphatic rings. The molecule has 27 heavy (non-hydrogen) atoms. The van der Waals surface area contributed by atoms with Gasteiger partial charge in [-0.05, 0) is 56.3 Å². The average molecular weight is 388 g/mol. The molecule has 2 aromatic rings. The molecule has 0 bridgehead atoms. The summed E-state index contributed by atoms with van der Waals surface area (Å²) in [5.41, 5.74) is 2.44. The molecule has 0 aromatic heterocycles. The second-order valence-electron chi connectivity index (χ2n) is 6.13. The van der Waals surface area contributed by atoms with Gasteiger partial charge in [0.2, 0.25) is 5.91 Å². The summed E-state index contributed by atoms with van der Waals surface area (Å²) < 4.78 is 0. The summed E-state index contributed by atoms with van der Waals surface area (Å²) in [7, 11) is 0. The summed E-state index contributed by atoms with van der Waals surface area (Å²) in [6, 6.07) is 14.7.